The molecule has 3 aromatic rings. The van der Waals surface area contributed by atoms with Gasteiger partial charge in [-0.1, -0.05) is 0 Å². The number of hydrogen-bond donors (Lipinski definition) is 1. The minimum absolute atomic E-state index is 0.0320. The molecule has 0 unspecified atom stereocenters. The van der Waals surface area contributed by atoms with E-state index < -0.39 is 4.92 Å². The van der Waals surface area contributed by atoms with Crippen LogP contribution in [-0.4, -0.2) is 33.6 Å². The average molecular weight is 392 g/mol. The molecule has 1 N–H and O–H groups in total. The van der Waals surface area contributed by atoms with Gasteiger partial charge in [-0.15, -0.1) is 0 Å². The maximum atomic E-state index is 13.2. The number of nitrogens with one attached hydrogen (secondary N) is 1. The second-order valence-electron chi connectivity index (χ2n) is 6.95. The number of rotatable bonds is 6. The first-order valence-electron chi connectivity index (χ1n) is 9.27. The number of aromatic amines is 1. The molecule has 0 saturated heterocycles. The highest BCUT2D eigenvalue weighted by Gasteiger charge is 2.24. The van der Waals surface area contributed by atoms with Gasteiger partial charge in [-0.25, -0.2) is 4.68 Å². The van der Waals surface area contributed by atoms with Crippen LogP contribution in [0.2, 0.25) is 0 Å². The summed E-state index contributed by atoms with van der Waals surface area (Å²) in [5.74, 6) is 0.718. The first-order chi connectivity index (χ1) is 14.0. The van der Waals surface area contributed by atoms with E-state index in [9.17, 15) is 14.9 Å². The summed E-state index contributed by atoms with van der Waals surface area (Å²) in [6.07, 6.45) is 2.08. The highest BCUT2D eigenvalue weighted by molar-refractivity contribution is 6.03. The van der Waals surface area contributed by atoms with E-state index in [0.717, 1.165) is 24.2 Å². The summed E-state index contributed by atoms with van der Waals surface area (Å²) in [5, 5.41) is 14.1. The molecule has 1 fully saturated rings. The lowest BCUT2D eigenvalue weighted by Gasteiger charge is -2.05. The maximum Gasteiger partial charge on any atom is 0.280 e. The zero-order valence-corrected chi connectivity index (χ0v) is 16.1. The van der Waals surface area contributed by atoms with E-state index >= 15 is 0 Å². The van der Waals surface area contributed by atoms with E-state index in [1.807, 2.05) is 31.2 Å². The van der Waals surface area contributed by atoms with Crippen LogP contribution in [0.1, 0.15) is 25.3 Å². The molecule has 29 heavy (non-hydrogen) atoms. The second kappa shape index (κ2) is 7.38. The standard InChI is InChI=1S/C21H20N4O4/c1-13(22-15-5-6-15)19-20(14-3-11-18(29-2)12-4-14)23-24(21(19)26)16-7-9-17(10-8-16)25(27)28/h3-4,7-12,15,23H,5-6H2,1-2H3. The summed E-state index contributed by atoms with van der Waals surface area (Å²) in [4.78, 5) is 28.3. The number of methoxy groups -OCH3 is 1. The van der Waals surface area contributed by atoms with Gasteiger partial charge in [0.1, 0.15) is 5.75 Å². The Morgan fingerprint density at radius 3 is 2.38 bits per heavy atom. The van der Waals surface area contributed by atoms with E-state index in [1.165, 1.54) is 16.8 Å². The monoisotopic (exact) mass is 392 g/mol. The van der Waals surface area contributed by atoms with Crippen LogP contribution in [0.4, 0.5) is 5.69 Å². The third-order valence-corrected chi connectivity index (χ3v) is 4.87. The van der Waals surface area contributed by atoms with Gasteiger partial charge in [0.15, 0.2) is 0 Å². The van der Waals surface area contributed by atoms with Crippen molar-refractivity contribution in [1.29, 1.82) is 0 Å². The van der Waals surface area contributed by atoms with E-state index in [-0.39, 0.29) is 17.3 Å². The van der Waals surface area contributed by atoms with Crippen molar-refractivity contribution < 1.29 is 9.66 Å². The van der Waals surface area contributed by atoms with Gasteiger partial charge in [0, 0.05) is 23.4 Å². The number of aromatic nitrogens is 2. The average Bonchev–Trinajstić information content (AvgIpc) is 3.48. The molecule has 0 aliphatic heterocycles. The topological polar surface area (TPSA) is 103 Å². The zero-order chi connectivity index (χ0) is 20.5. The molecule has 1 aliphatic rings. The summed E-state index contributed by atoms with van der Waals surface area (Å²) in [7, 11) is 1.60. The van der Waals surface area contributed by atoms with E-state index in [0.29, 0.717) is 22.7 Å². The summed E-state index contributed by atoms with van der Waals surface area (Å²) < 4.78 is 6.61. The van der Waals surface area contributed by atoms with Gasteiger partial charge in [-0.2, -0.15) is 0 Å². The number of benzene rings is 2. The van der Waals surface area contributed by atoms with Crippen molar-refractivity contribution in [3.8, 4) is 22.7 Å². The molecule has 2 aromatic carbocycles. The molecule has 0 radical (unpaired) electrons. The lowest BCUT2D eigenvalue weighted by molar-refractivity contribution is -0.384. The quantitative estimate of drug-likeness (QED) is 0.392. The molecule has 1 heterocycles. The number of nitro groups is 1. The van der Waals surface area contributed by atoms with Gasteiger partial charge in [0.05, 0.1) is 35.0 Å². The van der Waals surface area contributed by atoms with Crippen molar-refractivity contribution >= 4 is 11.4 Å². The summed E-state index contributed by atoms with van der Waals surface area (Å²) in [6, 6.07) is 13.5. The molecule has 1 aliphatic carbocycles. The zero-order valence-electron chi connectivity index (χ0n) is 16.1. The minimum atomic E-state index is -0.470. The minimum Gasteiger partial charge on any atom is -0.497 e. The number of nitrogens with zero attached hydrogens (tertiary/aromatic N) is 3. The normalized spacial score (nSPS) is 14.1. The van der Waals surface area contributed by atoms with Crippen LogP contribution in [0.25, 0.3) is 16.9 Å². The van der Waals surface area contributed by atoms with Crippen LogP contribution in [-0.2, 0) is 0 Å². The Kier molecular flexibility index (Phi) is 4.75. The third kappa shape index (κ3) is 3.69. The van der Waals surface area contributed by atoms with E-state index in [1.54, 1.807) is 19.2 Å². The highest BCUT2D eigenvalue weighted by Crippen LogP contribution is 2.27. The molecule has 148 valence electrons. The maximum absolute atomic E-state index is 13.2. The Hall–Kier alpha value is -3.68. The van der Waals surface area contributed by atoms with Crippen molar-refractivity contribution in [2.45, 2.75) is 25.8 Å². The molecule has 1 aromatic heterocycles. The van der Waals surface area contributed by atoms with Gasteiger partial charge < -0.3 is 4.74 Å². The van der Waals surface area contributed by atoms with Gasteiger partial charge in [-0.05, 0) is 56.2 Å². The van der Waals surface area contributed by atoms with Crippen LogP contribution in [0.15, 0.2) is 58.3 Å². The van der Waals surface area contributed by atoms with Crippen LogP contribution in [0.5, 0.6) is 5.75 Å². The first kappa shape index (κ1) is 18.7. The number of ether oxygens (including phenoxy) is 1. The number of nitro benzene ring substituents is 1. The molecule has 1 saturated carbocycles. The highest BCUT2D eigenvalue weighted by atomic mass is 16.6. The van der Waals surface area contributed by atoms with Gasteiger partial charge in [-0.3, -0.25) is 25.0 Å². The van der Waals surface area contributed by atoms with Gasteiger partial charge in [0.25, 0.3) is 11.2 Å². The Morgan fingerprint density at radius 1 is 1.17 bits per heavy atom. The molecular weight excluding hydrogens is 372 g/mol. The summed E-state index contributed by atoms with van der Waals surface area (Å²) >= 11 is 0. The molecule has 4 rings (SSSR count). The third-order valence-electron chi connectivity index (χ3n) is 4.87. The fourth-order valence-electron chi connectivity index (χ4n) is 3.19. The van der Waals surface area contributed by atoms with Crippen molar-refractivity contribution in [3.63, 3.8) is 0 Å². The molecule has 8 heteroatoms. The Balaban J connectivity index is 1.85. The van der Waals surface area contributed by atoms with Crippen molar-refractivity contribution in [2.24, 2.45) is 4.99 Å². The van der Waals surface area contributed by atoms with Crippen molar-refractivity contribution in [1.82, 2.24) is 9.78 Å². The number of aliphatic imine (C=N–C) groups is 1. The lowest BCUT2D eigenvalue weighted by Crippen LogP contribution is -2.19. The fourth-order valence-corrected chi connectivity index (χ4v) is 3.19. The summed E-state index contributed by atoms with van der Waals surface area (Å²) in [6.45, 7) is 1.84. The van der Waals surface area contributed by atoms with E-state index in [2.05, 4.69) is 10.1 Å². The molecule has 0 bridgehead atoms. The van der Waals surface area contributed by atoms with Crippen LogP contribution in [0.3, 0.4) is 0 Å². The van der Waals surface area contributed by atoms with E-state index in [4.69, 9.17) is 4.74 Å². The predicted octanol–water partition coefficient (Wildman–Crippen LogP) is 3.72. The van der Waals surface area contributed by atoms with Crippen LogP contribution in [0, 0.1) is 10.1 Å². The van der Waals surface area contributed by atoms with Gasteiger partial charge >= 0.3 is 0 Å². The summed E-state index contributed by atoms with van der Waals surface area (Å²) in [5.41, 5.74) is 2.89. The Bertz CT molecular complexity index is 1140. The number of H-pyrrole nitrogens is 1. The molecule has 0 amide bonds. The SMILES string of the molecule is COc1ccc(-c2[nH]n(-c3ccc([N+](=O)[O-])cc3)c(=O)c2C(C)=NC2CC2)cc1. The van der Waals surface area contributed by atoms with Crippen LogP contribution < -0.4 is 10.3 Å². The molecule has 0 atom stereocenters. The smallest absolute Gasteiger partial charge is 0.280 e. The first-order valence-corrected chi connectivity index (χ1v) is 9.27. The molecular formula is C21H20N4O4. The Morgan fingerprint density at radius 2 is 1.83 bits per heavy atom. The number of non-ortho nitro benzene ring substituents is 1. The fraction of sp³-hybridized carbons (Fsp3) is 0.238. The molecule has 0 spiro atoms. The van der Waals surface area contributed by atoms with Gasteiger partial charge in [0.2, 0.25) is 0 Å². The lowest BCUT2D eigenvalue weighted by atomic mass is 10.0. The molecule has 8 nitrogen and oxygen atoms in total. The largest absolute Gasteiger partial charge is 0.497 e. The van der Waals surface area contributed by atoms with Crippen molar-refractivity contribution in [3.05, 3.63) is 74.6 Å². The second-order valence-corrected chi connectivity index (χ2v) is 6.95. The number of hydrogen-bond acceptors (Lipinski definition) is 5. The Labute approximate surface area is 166 Å². The van der Waals surface area contributed by atoms with Crippen LogP contribution >= 0.6 is 0 Å². The van der Waals surface area contributed by atoms with Crippen molar-refractivity contribution in [2.75, 3.05) is 7.11 Å². The predicted molar refractivity (Wildman–Crippen MR) is 110 cm³/mol.